The molecule has 1 heterocycles. The molecule has 0 radical (unpaired) electrons. The van der Waals surface area contributed by atoms with Gasteiger partial charge in [-0.3, -0.25) is 14.4 Å². The van der Waals surface area contributed by atoms with Crippen LogP contribution in [-0.2, 0) is 14.4 Å². The van der Waals surface area contributed by atoms with Crippen LogP contribution < -0.4 is 20.1 Å². The van der Waals surface area contributed by atoms with E-state index in [2.05, 4.69) is 10.6 Å². The zero-order valence-corrected chi connectivity index (χ0v) is 16.4. The molecular weight excluding hydrogens is 350 g/mol. The molecule has 1 aromatic rings. The highest BCUT2D eigenvalue weighted by Crippen LogP contribution is 2.32. The summed E-state index contributed by atoms with van der Waals surface area (Å²) in [6.07, 6.45) is 0. The standard InChI is InChI=1S/C19H27N3O5/c1-12(2)22(11-16(23)21-19(3,4)5)18(25)17(24)20-13-6-7-14-15(10-13)27-9-8-26-14/h6-7,10,12H,8-9,11H2,1-5H3,(H,20,24)(H,21,23). The van der Waals surface area contributed by atoms with Gasteiger partial charge in [0.25, 0.3) is 0 Å². The van der Waals surface area contributed by atoms with Gasteiger partial charge in [-0.1, -0.05) is 0 Å². The smallest absolute Gasteiger partial charge is 0.313 e. The van der Waals surface area contributed by atoms with E-state index in [1.165, 1.54) is 4.90 Å². The van der Waals surface area contributed by atoms with Crippen LogP contribution in [0.15, 0.2) is 18.2 Å². The molecule has 1 aromatic carbocycles. The molecule has 8 nitrogen and oxygen atoms in total. The van der Waals surface area contributed by atoms with Gasteiger partial charge in [-0.05, 0) is 46.8 Å². The molecule has 148 valence electrons. The third-order valence-corrected chi connectivity index (χ3v) is 3.71. The molecule has 0 aromatic heterocycles. The second-order valence-electron chi connectivity index (χ2n) is 7.64. The van der Waals surface area contributed by atoms with Gasteiger partial charge in [-0.15, -0.1) is 0 Å². The second-order valence-corrected chi connectivity index (χ2v) is 7.64. The van der Waals surface area contributed by atoms with Gasteiger partial charge in [0.05, 0.1) is 0 Å². The number of carbonyl (C=O) groups excluding carboxylic acids is 3. The number of carbonyl (C=O) groups is 3. The van der Waals surface area contributed by atoms with Crippen molar-refractivity contribution >= 4 is 23.4 Å². The first kappa shape index (κ1) is 20.5. The van der Waals surface area contributed by atoms with Crippen LogP contribution in [0.2, 0.25) is 0 Å². The number of fused-ring (bicyclic) bond motifs is 1. The topological polar surface area (TPSA) is 97.0 Å². The van der Waals surface area contributed by atoms with E-state index in [4.69, 9.17) is 9.47 Å². The fourth-order valence-corrected chi connectivity index (χ4v) is 2.54. The van der Waals surface area contributed by atoms with Gasteiger partial charge in [0.2, 0.25) is 5.91 Å². The van der Waals surface area contributed by atoms with Crippen LogP contribution in [0.4, 0.5) is 5.69 Å². The number of ether oxygens (including phenoxy) is 2. The molecule has 1 aliphatic rings. The summed E-state index contributed by atoms with van der Waals surface area (Å²) in [5, 5.41) is 5.34. The number of anilines is 1. The lowest BCUT2D eigenvalue weighted by Gasteiger charge is -2.28. The molecule has 0 fully saturated rings. The number of hydrogen-bond donors (Lipinski definition) is 2. The van der Waals surface area contributed by atoms with E-state index in [1.807, 2.05) is 20.8 Å². The van der Waals surface area contributed by atoms with Crippen LogP contribution in [0.25, 0.3) is 0 Å². The molecular formula is C19H27N3O5. The van der Waals surface area contributed by atoms with Gasteiger partial charge in [0.1, 0.15) is 19.8 Å². The van der Waals surface area contributed by atoms with Crippen molar-refractivity contribution in [3.63, 3.8) is 0 Å². The van der Waals surface area contributed by atoms with E-state index in [0.717, 1.165) is 0 Å². The summed E-state index contributed by atoms with van der Waals surface area (Å²) in [7, 11) is 0. The molecule has 0 unspecified atom stereocenters. The first-order valence-electron chi connectivity index (χ1n) is 8.89. The lowest BCUT2D eigenvalue weighted by molar-refractivity contribution is -0.146. The van der Waals surface area contributed by atoms with Crippen LogP contribution in [-0.4, -0.2) is 54.0 Å². The van der Waals surface area contributed by atoms with E-state index in [9.17, 15) is 14.4 Å². The van der Waals surface area contributed by atoms with Gasteiger partial charge >= 0.3 is 11.8 Å². The van der Waals surface area contributed by atoms with Crippen molar-refractivity contribution in [1.82, 2.24) is 10.2 Å². The van der Waals surface area contributed by atoms with Crippen molar-refractivity contribution in [3.05, 3.63) is 18.2 Å². The van der Waals surface area contributed by atoms with Crippen LogP contribution in [0.3, 0.4) is 0 Å². The van der Waals surface area contributed by atoms with Crippen molar-refractivity contribution in [2.75, 3.05) is 25.1 Å². The Bertz CT molecular complexity index is 725. The van der Waals surface area contributed by atoms with E-state index in [0.29, 0.717) is 30.4 Å². The summed E-state index contributed by atoms with van der Waals surface area (Å²) in [5.41, 5.74) is -0.00331. The van der Waals surface area contributed by atoms with Crippen LogP contribution in [0, 0.1) is 0 Å². The number of hydrogen-bond acceptors (Lipinski definition) is 5. The van der Waals surface area contributed by atoms with Gasteiger partial charge in [-0.2, -0.15) is 0 Å². The van der Waals surface area contributed by atoms with Gasteiger partial charge in [0.15, 0.2) is 11.5 Å². The molecule has 0 atom stereocenters. The molecule has 0 spiro atoms. The van der Waals surface area contributed by atoms with Gasteiger partial charge in [-0.25, -0.2) is 0 Å². The number of rotatable bonds is 4. The summed E-state index contributed by atoms with van der Waals surface area (Å²) >= 11 is 0. The second kappa shape index (κ2) is 8.28. The molecule has 0 saturated heterocycles. The molecule has 0 saturated carbocycles. The lowest BCUT2D eigenvalue weighted by Crippen LogP contribution is -2.51. The van der Waals surface area contributed by atoms with E-state index >= 15 is 0 Å². The predicted octanol–water partition coefficient (Wildman–Crippen LogP) is 1.55. The van der Waals surface area contributed by atoms with Gasteiger partial charge < -0.3 is 25.0 Å². The summed E-state index contributed by atoms with van der Waals surface area (Å²) < 4.78 is 10.9. The zero-order valence-electron chi connectivity index (χ0n) is 16.4. The fourth-order valence-electron chi connectivity index (χ4n) is 2.54. The molecule has 0 aliphatic carbocycles. The normalized spacial score (nSPS) is 13.1. The van der Waals surface area contributed by atoms with E-state index in [1.54, 1.807) is 32.0 Å². The molecule has 1 aliphatic heterocycles. The first-order chi connectivity index (χ1) is 12.6. The highest BCUT2D eigenvalue weighted by atomic mass is 16.6. The minimum absolute atomic E-state index is 0.192. The third-order valence-electron chi connectivity index (χ3n) is 3.71. The first-order valence-corrected chi connectivity index (χ1v) is 8.89. The van der Waals surface area contributed by atoms with Crippen LogP contribution in [0.5, 0.6) is 11.5 Å². The number of nitrogens with one attached hydrogen (secondary N) is 2. The third kappa shape index (κ3) is 5.87. The van der Waals surface area contributed by atoms with Crippen molar-refractivity contribution < 1.29 is 23.9 Å². The average Bonchev–Trinajstić information content (AvgIpc) is 2.57. The van der Waals surface area contributed by atoms with Gasteiger partial charge in [0, 0.05) is 23.3 Å². The van der Waals surface area contributed by atoms with E-state index in [-0.39, 0.29) is 18.5 Å². The minimum atomic E-state index is -0.816. The molecule has 2 N–H and O–H groups in total. The number of amides is 3. The predicted molar refractivity (Wildman–Crippen MR) is 101 cm³/mol. The van der Waals surface area contributed by atoms with Crippen LogP contribution in [0.1, 0.15) is 34.6 Å². The maximum Gasteiger partial charge on any atom is 0.313 e. The summed E-state index contributed by atoms with van der Waals surface area (Å²) in [6.45, 7) is 9.75. The van der Waals surface area contributed by atoms with Crippen molar-refractivity contribution in [3.8, 4) is 11.5 Å². The zero-order chi connectivity index (χ0) is 20.2. The highest BCUT2D eigenvalue weighted by Gasteiger charge is 2.27. The Hall–Kier alpha value is -2.77. The summed E-state index contributed by atoms with van der Waals surface area (Å²) in [6, 6.07) is 4.59. The summed E-state index contributed by atoms with van der Waals surface area (Å²) in [4.78, 5) is 38.3. The lowest BCUT2D eigenvalue weighted by atomic mass is 10.1. The van der Waals surface area contributed by atoms with Crippen molar-refractivity contribution in [2.45, 2.75) is 46.2 Å². The molecule has 0 bridgehead atoms. The molecule has 27 heavy (non-hydrogen) atoms. The average molecular weight is 377 g/mol. The molecule has 2 rings (SSSR count). The highest BCUT2D eigenvalue weighted by molar-refractivity contribution is 6.39. The Kier molecular flexibility index (Phi) is 6.30. The Labute approximate surface area is 159 Å². The SMILES string of the molecule is CC(C)N(CC(=O)NC(C)(C)C)C(=O)C(=O)Nc1ccc2c(c1)OCCO2. The Morgan fingerprint density at radius 2 is 1.74 bits per heavy atom. The van der Waals surface area contributed by atoms with E-state index < -0.39 is 17.4 Å². The van der Waals surface area contributed by atoms with Crippen LogP contribution >= 0.6 is 0 Å². The van der Waals surface area contributed by atoms with Crippen molar-refractivity contribution in [2.24, 2.45) is 0 Å². The monoisotopic (exact) mass is 377 g/mol. The largest absolute Gasteiger partial charge is 0.486 e. The quantitative estimate of drug-likeness (QED) is 0.776. The Morgan fingerprint density at radius 1 is 1.11 bits per heavy atom. The maximum atomic E-state index is 12.6. The number of benzene rings is 1. The Morgan fingerprint density at radius 3 is 2.33 bits per heavy atom. The number of nitrogens with zero attached hydrogens (tertiary/aromatic N) is 1. The Balaban J connectivity index is 2.04. The summed E-state index contributed by atoms with van der Waals surface area (Å²) in [5.74, 6) is -0.811. The van der Waals surface area contributed by atoms with Crippen molar-refractivity contribution in [1.29, 1.82) is 0 Å². The molecule has 3 amide bonds. The minimum Gasteiger partial charge on any atom is -0.486 e. The molecule has 8 heteroatoms. The maximum absolute atomic E-state index is 12.6. The fraction of sp³-hybridized carbons (Fsp3) is 0.526.